The Hall–Kier alpha value is -2.45. The van der Waals surface area contributed by atoms with Gasteiger partial charge >= 0.3 is 0 Å². The van der Waals surface area contributed by atoms with E-state index < -0.39 is 0 Å². The molecule has 2 N–H and O–H groups in total. The van der Waals surface area contributed by atoms with Crippen LogP contribution in [-0.4, -0.2) is 30.4 Å². The van der Waals surface area contributed by atoms with Crippen LogP contribution in [0.4, 0.5) is 5.69 Å². The minimum Gasteiger partial charge on any atom is -0.504 e. The van der Waals surface area contributed by atoms with Gasteiger partial charge in [-0.2, -0.15) is 0 Å². The predicted molar refractivity (Wildman–Crippen MR) is 106 cm³/mol. The molecule has 134 valence electrons. The van der Waals surface area contributed by atoms with E-state index in [0.29, 0.717) is 27.1 Å². The maximum Gasteiger partial charge on any atom is 0.264 e. The molecule has 0 spiro atoms. The molecular formula is C18H15BrN2O4S. The number of carbonyl (C=O) groups excluding carboxylic acids is 1. The highest BCUT2D eigenvalue weighted by Crippen LogP contribution is 2.37. The van der Waals surface area contributed by atoms with E-state index >= 15 is 0 Å². The molecule has 1 aliphatic rings. The number of amides is 1. The van der Waals surface area contributed by atoms with Gasteiger partial charge in [-0.3, -0.25) is 4.79 Å². The SMILES string of the molecule is COc1ccc(N=C2NC(=O)/C(=C\c3cc(Br)cc(OC)c3O)S2)cc1. The molecule has 1 aliphatic heterocycles. The number of rotatable bonds is 4. The van der Waals surface area contributed by atoms with Crippen LogP contribution in [0.2, 0.25) is 0 Å². The second-order valence-corrected chi connectivity index (χ2v) is 7.17. The molecule has 0 aliphatic carbocycles. The second kappa shape index (κ2) is 7.84. The zero-order valence-electron chi connectivity index (χ0n) is 13.9. The highest BCUT2D eigenvalue weighted by molar-refractivity contribution is 9.10. The number of carbonyl (C=O) groups is 1. The first kappa shape index (κ1) is 18.3. The van der Waals surface area contributed by atoms with Crippen molar-refractivity contribution in [1.82, 2.24) is 5.32 Å². The number of phenols is 1. The Balaban J connectivity index is 1.86. The lowest BCUT2D eigenvalue weighted by Gasteiger charge is -2.07. The van der Waals surface area contributed by atoms with Crippen molar-refractivity contribution in [3.63, 3.8) is 0 Å². The fourth-order valence-electron chi connectivity index (χ4n) is 2.26. The van der Waals surface area contributed by atoms with E-state index in [-0.39, 0.29) is 11.7 Å². The third-order valence-corrected chi connectivity index (χ3v) is 4.90. The van der Waals surface area contributed by atoms with Crippen molar-refractivity contribution in [3.8, 4) is 17.2 Å². The lowest BCUT2D eigenvalue weighted by molar-refractivity contribution is -0.115. The van der Waals surface area contributed by atoms with Gasteiger partial charge in [0.15, 0.2) is 16.7 Å². The van der Waals surface area contributed by atoms with Crippen molar-refractivity contribution in [2.75, 3.05) is 14.2 Å². The van der Waals surface area contributed by atoms with E-state index in [1.54, 1.807) is 49.6 Å². The Kier molecular flexibility index (Phi) is 5.53. The number of aliphatic imine (C=N–C) groups is 1. The van der Waals surface area contributed by atoms with Gasteiger partial charge in [-0.05, 0) is 54.2 Å². The van der Waals surface area contributed by atoms with Crippen LogP contribution in [0.5, 0.6) is 17.2 Å². The topological polar surface area (TPSA) is 80.2 Å². The summed E-state index contributed by atoms with van der Waals surface area (Å²) in [6.45, 7) is 0. The summed E-state index contributed by atoms with van der Waals surface area (Å²) < 4.78 is 11.0. The quantitative estimate of drug-likeness (QED) is 0.709. The predicted octanol–water partition coefficient (Wildman–Crippen LogP) is 4.06. The molecule has 26 heavy (non-hydrogen) atoms. The molecule has 6 nitrogen and oxygen atoms in total. The van der Waals surface area contributed by atoms with Crippen molar-refractivity contribution in [2.45, 2.75) is 0 Å². The molecule has 0 atom stereocenters. The zero-order valence-corrected chi connectivity index (χ0v) is 16.3. The molecule has 1 saturated heterocycles. The summed E-state index contributed by atoms with van der Waals surface area (Å²) in [5, 5.41) is 13.4. The monoisotopic (exact) mass is 434 g/mol. The average Bonchev–Trinajstić information content (AvgIpc) is 2.97. The average molecular weight is 435 g/mol. The molecule has 0 aromatic heterocycles. The number of ether oxygens (including phenoxy) is 2. The van der Waals surface area contributed by atoms with E-state index in [1.807, 2.05) is 0 Å². The summed E-state index contributed by atoms with van der Waals surface area (Å²) in [5.41, 5.74) is 1.17. The summed E-state index contributed by atoms with van der Waals surface area (Å²) in [7, 11) is 3.06. The van der Waals surface area contributed by atoms with Gasteiger partial charge in [0.05, 0.1) is 24.8 Å². The van der Waals surface area contributed by atoms with Crippen LogP contribution in [0, 0.1) is 0 Å². The first-order chi connectivity index (χ1) is 12.5. The van der Waals surface area contributed by atoms with Crippen LogP contribution in [-0.2, 0) is 4.79 Å². The van der Waals surface area contributed by atoms with Crippen LogP contribution in [0.25, 0.3) is 6.08 Å². The number of benzene rings is 2. The van der Waals surface area contributed by atoms with Crippen LogP contribution in [0.1, 0.15) is 5.56 Å². The number of hydrogen-bond donors (Lipinski definition) is 2. The van der Waals surface area contributed by atoms with Gasteiger partial charge < -0.3 is 19.9 Å². The molecule has 0 radical (unpaired) electrons. The Bertz CT molecular complexity index is 910. The minimum absolute atomic E-state index is 0.0304. The molecule has 1 fully saturated rings. The number of nitrogens with zero attached hydrogens (tertiary/aromatic N) is 1. The largest absolute Gasteiger partial charge is 0.504 e. The number of hydrogen-bond acceptors (Lipinski definition) is 6. The molecule has 0 unspecified atom stereocenters. The standard InChI is InChI=1S/C18H15BrN2O4S/c1-24-13-5-3-12(4-6-13)20-18-21-17(23)15(26-18)8-10-7-11(19)9-14(25-2)16(10)22/h3-9,22H,1-2H3,(H,20,21,23)/b15-8+. The van der Waals surface area contributed by atoms with Crippen molar-refractivity contribution in [3.05, 3.63) is 51.3 Å². The van der Waals surface area contributed by atoms with E-state index in [9.17, 15) is 9.90 Å². The summed E-state index contributed by atoms with van der Waals surface area (Å²) >= 11 is 4.56. The highest BCUT2D eigenvalue weighted by atomic mass is 79.9. The van der Waals surface area contributed by atoms with E-state index in [2.05, 4.69) is 26.2 Å². The molecular weight excluding hydrogens is 420 g/mol. The summed E-state index contributed by atoms with van der Waals surface area (Å²) in [6.07, 6.45) is 1.60. The Morgan fingerprint density at radius 3 is 2.58 bits per heavy atom. The first-order valence-corrected chi connectivity index (χ1v) is 9.11. The fraction of sp³-hybridized carbons (Fsp3) is 0.111. The van der Waals surface area contributed by atoms with Crippen molar-refractivity contribution in [1.29, 1.82) is 0 Å². The Morgan fingerprint density at radius 2 is 1.92 bits per heavy atom. The van der Waals surface area contributed by atoms with Crippen LogP contribution in [0.15, 0.2) is 50.8 Å². The maximum absolute atomic E-state index is 12.2. The van der Waals surface area contributed by atoms with Crippen molar-refractivity contribution in [2.24, 2.45) is 4.99 Å². The number of phenolic OH excluding ortho intramolecular Hbond substituents is 1. The lowest BCUT2D eigenvalue weighted by atomic mass is 10.1. The van der Waals surface area contributed by atoms with Crippen molar-refractivity contribution >= 4 is 50.5 Å². The number of methoxy groups -OCH3 is 2. The molecule has 0 bridgehead atoms. The molecule has 2 aromatic rings. The van der Waals surface area contributed by atoms with E-state index in [1.165, 1.54) is 18.9 Å². The van der Waals surface area contributed by atoms with Gasteiger partial charge in [-0.1, -0.05) is 15.9 Å². The molecule has 3 rings (SSSR count). The van der Waals surface area contributed by atoms with Crippen LogP contribution in [0.3, 0.4) is 0 Å². The lowest BCUT2D eigenvalue weighted by Crippen LogP contribution is -2.19. The van der Waals surface area contributed by atoms with Gasteiger partial charge in [0.25, 0.3) is 5.91 Å². The third-order valence-electron chi connectivity index (χ3n) is 3.53. The smallest absolute Gasteiger partial charge is 0.264 e. The van der Waals surface area contributed by atoms with Gasteiger partial charge in [0, 0.05) is 10.0 Å². The van der Waals surface area contributed by atoms with Crippen LogP contribution >= 0.6 is 27.7 Å². The normalized spacial score (nSPS) is 16.8. The Labute approximate surface area is 163 Å². The molecule has 0 saturated carbocycles. The number of nitrogens with one attached hydrogen (secondary N) is 1. The number of halogens is 1. The fourth-order valence-corrected chi connectivity index (χ4v) is 3.54. The van der Waals surface area contributed by atoms with Gasteiger partial charge in [-0.25, -0.2) is 4.99 Å². The summed E-state index contributed by atoms with van der Waals surface area (Å²) in [4.78, 5) is 17.0. The highest BCUT2D eigenvalue weighted by Gasteiger charge is 2.24. The second-order valence-electron chi connectivity index (χ2n) is 5.23. The summed E-state index contributed by atoms with van der Waals surface area (Å²) in [5.74, 6) is 0.747. The number of aromatic hydroxyl groups is 1. The van der Waals surface area contributed by atoms with E-state index in [0.717, 1.165) is 10.2 Å². The summed E-state index contributed by atoms with van der Waals surface area (Å²) in [6, 6.07) is 10.5. The Morgan fingerprint density at radius 1 is 1.19 bits per heavy atom. The zero-order chi connectivity index (χ0) is 18.7. The van der Waals surface area contributed by atoms with Crippen LogP contribution < -0.4 is 14.8 Å². The van der Waals surface area contributed by atoms with Gasteiger partial charge in [-0.15, -0.1) is 0 Å². The van der Waals surface area contributed by atoms with E-state index in [4.69, 9.17) is 9.47 Å². The molecule has 8 heteroatoms. The number of amidine groups is 1. The molecule has 1 amide bonds. The third kappa shape index (κ3) is 4.03. The number of thioether (sulfide) groups is 1. The van der Waals surface area contributed by atoms with Gasteiger partial charge in [0.2, 0.25) is 0 Å². The minimum atomic E-state index is -0.277. The first-order valence-electron chi connectivity index (χ1n) is 7.50. The van der Waals surface area contributed by atoms with Gasteiger partial charge in [0.1, 0.15) is 5.75 Å². The molecule has 1 heterocycles. The van der Waals surface area contributed by atoms with Crippen molar-refractivity contribution < 1.29 is 19.4 Å². The maximum atomic E-state index is 12.2. The molecule has 2 aromatic carbocycles.